The number of aromatic amines is 1. The van der Waals surface area contributed by atoms with Crippen molar-refractivity contribution in [1.82, 2.24) is 9.55 Å². The molecule has 0 radical (unpaired) electrons. The molecule has 0 spiro atoms. The van der Waals surface area contributed by atoms with Crippen LogP contribution in [0.5, 0.6) is 11.5 Å². The van der Waals surface area contributed by atoms with Crippen molar-refractivity contribution in [3.05, 3.63) is 50.6 Å². The molecule has 1 aromatic heterocycles. The number of para-hydroxylation sites is 1. The highest BCUT2D eigenvalue weighted by Crippen LogP contribution is 2.57. The Morgan fingerprint density at radius 3 is 2.91 bits per heavy atom. The van der Waals surface area contributed by atoms with Crippen molar-refractivity contribution in [2.24, 2.45) is 0 Å². The van der Waals surface area contributed by atoms with E-state index in [4.69, 9.17) is 35.3 Å². The quantitative estimate of drug-likeness (QED) is 0.420. The standard InChI is InChI=1S/C18H20FN2O9PS/c1-9-6-21(17(24)20-15(9)32)16-12(22)14(23)18(19,29-16)8-28-31(25)27-7-10-4-3-5-11(26-2)13(10)30-31/h3-6,12,14,16,22-23H,7-8H2,1-2H3,(H,20,24,32)/t12-,14+,16-,18-,31?/m1/s1. The predicted octanol–water partition coefficient (Wildman–Crippen LogP) is 1.87. The molecule has 11 nitrogen and oxygen atoms in total. The minimum absolute atomic E-state index is 0.116. The highest BCUT2D eigenvalue weighted by molar-refractivity contribution is 7.71. The summed E-state index contributed by atoms with van der Waals surface area (Å²) in [6.07, 6.45) is -4.33. The lowest BCUT2D eigenvalue weighted by Gasteiger charge is -2.28. The van der Waals surface area contributed by atoms with Gasteiger partial charge in [-0.25, -0.2) is 13.8 Å². The molecule has 5 atom stereocenters. The third-order valence-corrected chi connectivity index (χ3v) is 6.80. The van der Waals surface area contributed by atoms with E-state index in [0.717, 1.165) is 4.57 Å². The van der Waals surface area contributed by atoms with Crippen LogP contribution < -0.4 is 15.0 Å². The Bertz CT molecular complexity index is 1190. The fraction of sp³-hybridized carbons (Fsp3) is 0.444. The van der Waals surface area contributed by atoms with Crippen LogP contribution in [-0.4, -0.2) is 51.5 Å². The number of methoxy groups -OCH3 is 1. The molecule has 1 saturated heterocycles. The number of hydrogen-bond donors (Lipinski definition) is 3. The van der Waals surface area contributed by atoms with Gasteiger partial charge >= 0.3 is 13.5 Å². The summed E-state index contributed by atoms with van der Waals surface area (Å²) in [6, 6.07) is 4.91. The maximum absolute atomic E-state index is 15.4. The number of H-pyrrole nitrogens is 1. The number of aliphatic hydroxyl groups excluding tert-OH is 2. The number of nitrogens with one attached hydrogen (secondary N) is 1. The summed E-state index contributed by atoms with van der Waals surface area (Å²) in [4.78, 5) is 14.5. The van der Waals surface area contributed by atoms with E-state index in [2.05, 4.69) is 4.98 Å². The Kier molecular flexibility index (Phi) is 6.01. The van der Waals surface area contributed by atoms with Crippen molar-refractivity contribution in [2.75, 3.05) is 13.7 Å². The Morgan fingerprint density at radius 2 is 2.19 bits per heavy atom. The number of aromatic nitrogens is 2. The van der Waals surface area contributed by atoms with E-state index >= 15 is 4.39 Å². The molecular weight excluding hydrogens is 470 g/mol. The van der Waals surface area contributed by atoms with Gasteiger partial charge in [-0.3, -0.25) is 18.6 Å². The summed E-state index contributed by atoms with van der Waals surface area (Å²) in [5.74, 6) is -2.65. The first kappa shape index (κ1) is 23.1. The average Bonchev–Trinajstić information content (AvgIpc) is 2.99. The van der Waals surface area contributed by atoms with Crippen LogP contribution in [0.4, 0.5) is 4.39 Å². The summed E-state index contributed by atoms with van der Waals surface area (Å²) in [7, 11) is -2.93. The second-order valence-electron chi connectivity index (χ2n) is 7.24. The van der Waals surface area contributed by atoms with E-state index in [9.17, 15) is 19.6 Å². The number of ether oxygens (including phenoxy) is 2. The molecule has 14 heteroatoms. The van der Waals surface area contributed by atoms with Crippen LogP contribution in [0, 0.1) is 11.6 Å². The number of halogens is 1. The van der Waals surface area contributed by atoms with Crippen LogP contribution in [0.25, 0.3) is 0 Å². The number of phosphoric ester groups is 1. The molecule has 174 valence electrons. The Balaban J connectivity index is 1.53. The molecule has 1 unspecified atom stereocenters. The molecule has 0 amide bonds. The van der Waals surface area contributed by atoms with Gasteiger partial charge in [-0.1, -0.05) is 24.4 Å². The van der Waals surface area contributed by atoms with Crippen molar-refractivity contribution in [1.29, 1.82) is 0 Å². The van der Waals surface area contributed by atoms with Gasteiger partial charge in [-0.05, 0) is 13.0 Å². The van der Waals surface area contributed by atoms with Gasteiger partial charge in [0.1, 0.15) is 23.5 Å². The maximum atomic E-state index is 15.4. The molecule has 1 fully saturated rings. The number of fused-ring (bicyclic) bond motifs is 1. The van der Waals surface area contributed by atoms with Crippen LogP contribution in [0.15, 0.2) is 29.2 Å². The molecule has 0 bridgehead atoms. The summed E-state index contributed by atoms with van der Waals surface area (Å²) < 4.78 is 55.1. The van der Waals surface area contributed by atoms with Crippen LogP contribution >= 0.6 is 20.0 Å². The molecule has 2 aliphatic rings. The summed E-state index contributed by atoms with van der Waals surface area (Å²) in [5.41, 5.74) is 0.217. The zero-order valence-electron chi connectivity index (χ0n) is 16.9. The monoisotopic (exact) mass is 490 g/mol. The molecule has 2 aromatic rings. The minimum atomic E-state index is -4.32. The SMILES string of the molecule is COc1cccc2c1OP(=O)(OC[C@@]1(F)O[C@@H](n3cc(C)c(=S)[nH]c3=O)[C@H](O)[C@@H]1O)OC2. The number of nitrogens with zero attached hydrogens (tertiary/aromatic N) is 1. The van der Waals surface area contributed by atoms with Crippen LogP contribution in [0.2, 0.25) is 0 Å². The Morgan fingerprint density at radius 1 is 1.44 bits per heavy atom. The molecule has 0 aliphatic carbocycles. The van der Waals surface area contributed by atoms with E-state index in [1.165, 1.54) is 13.3 Å². The van der Waals surface area contributed by atoms with Crippen LogP contribution in [0.3, 0.4) is 0 Å². The van der Waals surface area contributed by atoms with E-state index in [0.29, 0.717) is 11.1 Å². The van der Waals surface area contributed by atoms with Gasteiger partial charge in [-0.15, -0.1) is 0 Å². The van der Waals surface area contributed by atoms with E-state index in [1.807, 2.05) is 0 Å². The highest BCUT2D eigenvalue weighted by Gasteiger charge is 2.57. The third kappa shape index (κ3) is 4.01. The van der Waals surface area contributed by atoms with Crippen molar-refractivity contribution in [3.8, 4) is 11.5 Å². The fourth-order valence-electron chi connectivity index (χ4n) is 3.32. The average molecular weight is 490 g/mol. The summed E-state index contributed by atoms with van der Waals surface area (Å²) in [5, 5.41) is 20.6. The number of aryl methyl sites for hydroxylation is 1. The summed E-state index contributed by atoms with van der Waals surface area (Å²) in [6.45, 7) is 0.309. The number of benzene rings is 1. The normalized spacial score (nSPS) is 31.7. The van der Waals surface area contributed by atoms with Gasteiger partial charge in [-0.2, -0.15) is 0 Å². The molecule has 3 N–H and O–H groups in total. The van der Waals surface area contributed by atoms with E-state index in [-0.39, 0.29) is 22.7 Å². The van der Waals surface area contributed by atoms with Crippen molar-refractivity contribution >= 4 is 20.0 Å². The first-order valence-corrected chi connectivity index (χ1v) is 11.2. The van der Waals surface area contributed by atoms with Crippen LogP contribution in [0.1, 0.15) is 17.4 Å². The minimum Gasteiger partial charge on any atom is -0.493 e. The number of phosphoric acid groups is 1. The van der Waals surface area contributed by atoms with Crippen LogP contribution in [-0.2, 0) is 25.0 Å². The van der Waals surface area contributed by atoms with Crippen molar-refractivity contribution in [3.63, 3.8) is 0 Å². The molecule has 2 aliphatic heterocycles. The van der Waals surface area contributed by atoms with Gasteiger partial charge in [0.2, 0.25) is 0 Å². The number of alkyl halides is 1. The second-order valence-corrected chi connectivity index (χ2v) is 9.24. The Labute approximate surface area is 185 Å². The first-order valence-electron chi connectivity index (χ1n) is 9.36. The zero-order chi connectivity index (χ0) is 23.3. The molecule has 32 heavy (non-hydrogen) atoms. The van der Waals surface area contributed by atoms with Gasteiger partial charge in [0.15, 0.2) is 17.7 Å². The van der Waals surface area contributed by atoms with Gasteiger partial charge in [0.05, 0.1) is 13.7 Å². The smallest absolute Gasteiger partial charge is 0.493 e. The zero-order valence-corrected chi connectivity index (χ0v) is 18.6. The number of rotatable bonds is 5. The molecule has 0 saturated carbocycles. The fourth-order valence-corrected chi connectivity index (χ4v) is 4.71. The van der Waals surface area contributed by atoms with Crippen molar-refractivity contribution < 1.29 is 42.2 Å². The summed E-state index contributed by atoms with van der Waals surface area (Å²) >= 11 is 4.96. The third-order valence-electron chi connectivity index (χ3n) is 5.08. The first-order chi connectivity index (χ1) is 15.1. The largest absolute Gasteiger partial charge is 0.530 e. The number of aliphatic hydroxyl groups is 2. The second kappa shape index (κ2) is 8.34. The lowest BCUT2D eigenvalue weighted by atomic mass is 10.1. The van der Waals surface area contributed by atoms with Crippen molar-refractivity contribution in [2.45, 2.75) is 37.8 Å². The molecular formula is C18H20FN2O9PS. The lowest BCUT2D eigenvalue weighted by molar-refractivity contribution is -0.205. The molecule has 4 rings (SSSR count). The van der Waals surface area contributed by atoms with Gasteiger partial charge in [0.25, 0.3) is 5.85 Å². The number of hydrogen-bond acceptors (Lipinski definition) is 10. The van der Waals surface area contributed by atoms with Gasteiger partial charge in [0, 0.05) is 17.3 Å². The molecule has 3 heterocycles. The maximum Gasteiger partial charge on any atom is 0.530 e. The Hall–Kier alpha value is -2.12. The lowest BCUT2D eigenvalue weighted by Crippen LogP contribution is -2.43. The topological polar surface area (TPSA) is 141 Å². The predicted molar refractivity (Wildman–Crippen MR) is 109 cm³/mol. The van der Waals surface area contributed by atoms with Gasteiger partial charge < -0.3 is 24.2 Å². The highest BCUT2D eigenvalue weighted by atomic mass is 32.1. The van der Waals surface area contributed by atoms with E-state index < -0.39 is 44.4 Å². The van der Waals surface area contributed by atoms with E-state index in [1.54, 1.807) is 25.1 Å². The molecule has 1 aromatic carbocycles.